The van der Waals surface area contributed by atoms with Crippen molar-refractivity contribution in [2.45, 2.75) is 44.7 Å². The Morgan fingerprint density at radius 1 is 1.55 bits per heavy atom. The molecule has 1 heterocycles. The quantitative estimate of drug-likeness (QED) is 0.654. The first kappa shape index (κ1) is 14.4. The number of aromatic nitrogens is 2. The molecule has 110 valence electrons. The molecule has 2 rings (SSSR count). The summed E-state index contributed by atoms with van der Waals surface area (Å²) < 4.78 is 0. The SMILES string of the molecule is CCC(NC(=O)N[C@H]1CC[C@@H](C(=O)O)C1)c1ncc[nH]1. The molecular formula is C13H20N4O3. The molecule has 0 radical (unpaired) electrons. The van der Waals surface area contributed by atoms with Gasteiger partial charge in [-0.25, -0.2) is 9.78 Å². The van der Waals surface area contributed by atoms with Gasteiger partial charge in [-0.3, -0.25) is 4.79 Å². The average molecular weight is 280 g/mol. The number of carbonyl (C=O) groups excluding carboxylic acids is 1. The minimum atomic E-state index is -0.781. The molecule has 1 aromatic heterocycles. The molecule has 1 fully saturated rings. The van der Waals surface area contributed by atoms with Crippen LogP contribution in [0.15, 0.2) is 12.4 Å². The largest absolute Gasteiger partial charge is 0.481 e. The van der Waals surface area contributed by atoms with Crippen LogP contribution in [0, 0.1) is 5.92 Å². The van der Waals surface area contributed by atoms with Crippen LogP contribution in [0.2, 0.25) is 0 Å². The van der Waals surface area contributed by atoms with Gasteiger partial charge >= 0.3 is 12.0 Å². The summed E-state index contributed by atoms with van der Waals surface area (Å²) in [4.78, 5) is 29.9. The molecule has 1 aliphatic carbocycles. The third kappa shape index (κ3) is 3.49. The van der Waals surface area contributed by atoms with E-state index in [1.54, 1.807) is 12.4 Å². The molecule has 0 aliphatic heterocycles. The molecule has 7 heteroatoms. The fraction of sp³-hybridized carbons (Fsp3) is 0.615. The standard InChI is InChI=1S/C13H20N4O3/c1-2-10(11-14-5-6-15-11)17-13(20)16-9-4-3-8(7-9)12(18)19/h5-6,8-10H,2-4,7H2,1H3,(H,14,15)(H,18,19)(H2,16,17,20)/t8-,9+,10?/m1/s1. The molecule has 7 nitrogen and oxygen atoms in total. The number of aliphatic carboxylic acids is 1. The molecule has 2 amide bonds. The summed E-state index contributed by atoms with van der Waals surface area (Å²) in [5.74, 6) is -0.401. The summed E-state index contributed by atoms with van der Waals surface area (Å²) in [6.45, 7) is 1.96. The highest BCUT2D eigenvalue weighted by Gasteiger charge is 2.30. The number of nitrogens with zero attached hydrogens (tertiary/aromatic N) is 1. The molecule has 4 N–H and O–H groups in total. The third-order valence-electron chi connectivity index (χ3n) is 3.68. The fourth-order valence-corrected chi connectivity index (χ4v) is 2.55. The second-order valence-electron chi connectivity index (χ2n) is 5.10. The monoisotopic (exact) mass is 280 g/mol. The Balaban J connectivity index is 1.82. The van der Waals surface area contributed by atoms with Crippen LogP contribution in [0.5, 0.6) is 0 Å². The van der Waals surface area contributed by atoms with Gasteiger partial charge in [0.1, 0.15) is 5.82 Å². The summed E-state index contributed by atoms with van der Waals surface area (Å²) in [7, 11) is 0. The number of nitrogens with one attached hydrogen (secondary N) is 3. The Morgan fingerprint density at radius 2 is 2.35 bits per heavy atom. The normalized spacial score (nSPS) is 23.2. The Hall–Kier alpha value is -2.05. The Bertz CT molecular complexity index is 460. The number of urea groups is 1. The van der Waals surface area contributed by atoms with Crippen molar-refractivity contribution >= 4 is 12.0 Å². The van der Waals surface area contributed by atoms with Gasteiger partial charge in [0.15, 0.2) is 0 Å². The number of amides is 2. The fourth-order valence-electron chi connectivity index (χ4n) is 2.55. The van der Waals surface area contributed by atoms with Crippen molar-refractivity contribution in [3.63, 3.8) is 0 Å². The van der Waals surface area contributed by atoms with E-state index in [1.165, 1.54) is 0 Å². The smallest absolute Gasteiger partial charge is 0.315 e. The van der Waals surface area contributed by atoms with Gasteiger partial charge in [0, 0.05) is 18.4 Å². The number of carbonyl (C=O) groups is 2. The van der Waals surface area contributed by atoms with Crippen LogP contribution in [0.3, 0.4) is 0 Å². The Morgan fingerprint density at radius 3 is 2.90 bits per heavy atom. The highest BCUT2D eigenvalue weighted by Crippen LogP contribution is 2.25. The lowest BCUT2D eigenvalue weighted by Crippen LogP contribution is -2.42. The first-order chi connectivity index (χ1) is 9.60. The molecule has 1 saturated carbocycles. The van der Waals surface area contributed by atoms with Crippen LogP contribution in [-0.4, -0.2) is 33.1 Å². The van der Waals surface area contributed by atoms with E-state index in [1.807, 2.05) is 6.92 Å². The molecule has 1 aromatic rings. The van der Waals surface area contributed by atoms with Gasteiger partial charge < -0.3 is 20.7 Å². The molecule has 20 heavy (non-hydrogen) atoms. The molecule has 0 bridgehead atoms. The van der Waals surface area contributed by atoms with E-state index < -0.39 is 5.97 Å². The van der Waals surface area contributed by atoms with E-state index in [9.17, 15) is 9.59 Å². The number of rotatable bonds is 5. The second-order valence-corrected chi connectivity index (χ2v) is 5.10. The van der Waals surface area contributed by atoms with Crippen molar-refractivity contribution in [3.05, 3.63) is 18.2 Å². The van der Waals surface area contributed by atoms with Crippen LogP contribution < -0.4 is 10.6 Å². The molecule has 1 aliphatic rings. The molecule has 0 spiro atoms. The zero-order valence-electron chi connectivity index (χ0n) is 11.4. The van der Waals surface area contributed by atoms with Gasteiger partial charge in [-0.15, -0.1) is 0 Å². The number of aromatic amines is 1. The van der Waals surface area contributed by atoms with Gasteiger partial charge in [-0.1, -0.05) is 6.92 Å². The van der Waals surface area contributed by atoms with Gasteiger partial charge in [0.05, 0.1) is 12.0 Å². The second kappa shape index (κ2) is 6.40. The lowest BCUT2D eigenvalue weighted by molar-refractivity contribution is -0.141. The van der Waals surface area contributed by atoms with Gasteiger partial charge in [-0.05, 0) is 25.7 Å². The van der Waals surface area contributed by atoms with Crippen molar-refractivity contribution in [2.75, 3.05) is 0 Å². The first-order valence-electron chi connectivity index (χ1n) is 6.89. The number of hydrogen-bond donors (Lipinski definition) is 4. The van der Waals surface area contributed by atoms with E-state index in [-0.39, 0.29) is 24.0 Å². The lowest BCUT2D eigenvalue weighted by Gasteiger charge is -2.18. The van der Waals surface area contributed by atoms with Crippen molar-refractivity contribution in [1.82, 2.24) is 20.6 Å². The third-order valence-corrected chi connectivity index (χ3v) is 3.68. The highest BCUT2D eigenvalue weighted by atomic mass is 16.4. The molecule has 3 atom stereocenters. The van der Waals surface area contributed by atoms with E-state index in [4.69, 9.17) is 5.11 Å². The van der Waals surface area contributed by atoms with E-state index in [0.29, 0.717) is 19.3 Å². The number of H-pyrrole nitrogens is 1. The van der Waals surface area contributed by atoms with Crippen molar-refractivity contribution in [1.29, 1.82) is 0 Å². The average Bonchev–Trinajstić information content (AvgIpc) is 3.06. The topological polar surface area (TPSA) is 107 Å². The summed E-state index contributed by atoms with van der Waals surface area (Å²) in [5, 5.41) is 14.6. The summed E-state index contributed by atoms with van der Waals surface area (Å²) in [6.07, 6.45) is 5.92. The van der Waals surface area contributed by atoms with Crippen LogP contribution in [0.4, 0.5) is 4.79 Å². The zero-order valence-corrected chi connectivity index (χ0v) is 11.4. The van der Waals surface area contributed by atoms with Crippen molar-refractivity contribution in [2.24, 2.45) is 5.92 Å². The number of imidazole rings is 1. The molecule has 1 unspecified atom stereocenters. The van der Waals surface area contributed by atoms with Crippen LogP contribution in [0.25, 0.3) is 0 Å². The maximum absolute atomic E-state index is 11.9. The minimum absolute atomic E-state index is 0.0646. The van der Waals surface area contributed by atoms with Gasteiger partial charge in [0.2, 0.25) is 0 Å². The van der Waals surface area contributed by atoms with Crippen LogP contribution >= 0.6 is 0 Å². The van der Waals surface area contributed by atoms with Crippen molar-refractivity contribution in [3.8, 4) is 0 Å². The first-order valence-corrected chi connectivity index (χ1v) is 6.89. The van der Waals surface area contributed by atoms with Gasteiger partial charge in [-0.2, -0.15) is 0 Å². The lowest BCUT2D eigenvalue weighted by atomic mass is 10.1. The summed E-state index contributed by atoms with van der Waals surface area (Å²) in [5.41, 5.74) is 0. The van der Waals surface area contributed by atoms with Crippen molar-refractivity contribution < 1.29 is 14.7 Å². The summed E-state index contributed by atoms with van der Waals surface area (Å²) >= 11 is 0. The number of carboxylic acid groups (broad SMARTS) is 1. The Labute approximate surface area is 117 Å². The Kier molecular flexibility index (Phi) is 4.60. The predicted octanol–water partition coefficient (Wildman–Crippen LogP) is 1.41. The van der Waals surface area contributed by atoms with E-state index >= 15 is 0 Å². The van der Waals surface area contributed by atoms with E-state index in [2.05, 4.69) is 20.6 Å². The minimum Gasteiger partial charge on any atom is -0.481 e. The highest BCUT2D eigenvalue weighted by molar-refractivity contribution is 5.75. The molecule has 0 saturated heterocycles. The molecular weight excluding hydrogens is 260 g/mol. The van der Waals surface area contributed by atoms with E-state index in [0.717, 1.165) is 12.2 Å². The predicted molar refractivity (Wildman–Crippen MR) is 72.1 cm³/mol. The van der Waals surface area contributed by atoms with Crippen LogP contribution in [-0.2, 0) is 4.79 Å². The number of carboxylic acids is 1. The number of hydrogen-bond acceptors (Lipinski definition) is 3. The maximum atomic E-state index is 11.9. The molecule has 0 aromatic carbocycles. The van der Waals surface area contributed by atoms with Gasteiger partial charge in [0.25, 0.3) is 0 Å². The summed E-state index contributed by atoms with van der Waals surface area (Å²) in [6, 6.07) is -0.504. The zero-order chi connectivity index (χ0) is 14.5. The maximum Gasteiger partial charge on any atom is 0.315 e. The van der Waals surface area contributed by atoms with Crippen LogP contribution in [0.1, 0.15) is 44.5 Å².